The average molecular weight is 419 g/mol. The summed E-state index contributed by atoms with van der Waals surface area (Å²) in [7, 11) is 2.36. The first-order chi connectivity index (χ1) is 14.9. The number of carbonyl (C=O) groups excluding carboxylic acids is 3. The normalized spacial score (nSPS) is 11.0. The molecule has 6 nitrogen and oxygen atoms in total. The van der Waals surface area contributed by atoms with E-state index in [9.17, 15) is 18.8 Å². The largest absolute Gasteiger partial charge is 0.465 e. The van der Waals surface area contributed by atoms with E-state index in [0.717, 1.165) is 23.1 Å². The number of halogens is 1. The Morgan fingerprint density at radius 3 is 2.06 bits per heavy atom. The van der Waals surface area contributed by atoms with Gasteiger partial charge in [-0.05, 0) is 54.8 Å². The van der Waals surface area contributed by atoms with Crippen LogP contribution >= 0.6 is 0 Å². The fourth-order valence-corrected chi connectivity index (χ4v) is 3.74. The van der Waals surface area contributed by atoms with Crippen LogP contribution in [-0.2, 0) is 9.47 Å². The van der Waals surface area contributed by atoms with Crippen molar-refractivity contribution < 1.29 is 28.2 Å². The summed E-state index contributed by atoms with van der Waals surface area (Å²) in [4.78, 5) is 39.0. The lowest BCUT2D eigenvalue weighted by molar-refractivity contribution is 0.0556. The molecule has 0 radical (unpaired) electrons. The molecular weight excluding hydrogens is 401 g/mol. The van der Waals surface area contributed by atoms with Gasteiger partial charge < -0.3 is 13.9 Å². The third kappa shape index (κ3) is 3.24. The van der Waals surface area contributed by atoms with Crippen LogP contribution in [0, 0.1) is 12.7 Å². The molecule has 0 unspecified atom stereocenters. The van der Waals surface area contributed by atoms with Gasteiger partial charge in [-0.25, -0.2) is 14.0 Å². The van der Waals surface area contributed by atoms with Crippen molar-refractivity contribution >= 4 is 34.1 Å². The number of aryl methyl sites for hydroxylation is 1. The van der Waals surface area contributed by atoms with Crippen LogP contribution in [0.2, 0.25) is 0 Å². The van der Waals surface area contributed by atoms with Crippen LogP contribution < -0.4 is 0 Å². The fraction of sp³-hybridized carbons (Fsp3) is 0.125. The number of pyridine rings is 1. The van der Waals surface area contributed by atoms with Gasteiger partial charge in [-0.2, -0.15) is 0 Å². The Kier molecular flexibility index (Phi) is 5.02. The lowest BCUT2D eigenvalue weighted by atomic mass is 10.0. The Morgan fingerprint density at radius 2 is 1.42 bits per heavy atom. The van der Waals surface area contributed by atoms with Crippen molar-refractivity contribution in [3.63, 3.8) is 0 Å². The molecule has 2 aromatic carbocycles. The minimum Gasteiger partial charge on any atom is -0.465 e. The maximum absolute atomic E-state index is 13.5. The molecule has 7 heteroatoms. The number of ketones is 1. The second-order valence-corrected chi connectivity index (χ2v) is 7.03. The first kappa shape index (κ1) is 20.3. The van der Waals surface area contributed by atoms with E-state index < -0.39 is 23.5 Å². The number of hydrogen-bond acceptors (Lipinski definition) is 5. The molecule has 0 amide bonds. The molecule has 0 aliphatic carbocycles. The zero-order valence-corrected chi connectivity index (χ0v) is 17.1. The summed E-state index contributed by atoms with van der Waals surface area (Å²) in [5, 5.41) is 0.809. The molecular formula is C24H18FNO5. The summed E-state index contributed by atoms with van der Waals surface area (Å²) in [5.74, 6) is -2.68. The van der Waals surface area contributed by atoms with Crippen LogP contribution in [0.25, 0.3) is 16.4 Å². The van der Waals surface area contributed by atoms with Crippen LogP contribution in [-0.4, -0.2) is 36.3 Å². The van der Waals surface area contributed by atoms with Gasteiger partial charge in [-0.15, -0.1) is 0 Å². The molecule has 0 aliphatic heterocycles. The van der Waals surface area contributed by atoms with E-state index in [1.165, 1.54) is 26.4 Å². The lowest BCUT2D eigenvalue weighted by Gasteiger charge is -2.09. The van der Waals surface area contributed by atoms with Crippen molar-refractivity contribution in [3.05, 3.63) is 88.4 Å². The predicted molar refractivity (Wildman–Crippen MR) is 112 cm³/mol. The molecule has 0 aliphatic rings. The molecule has 2 aromatic heterocycles. The monoisotopic (exact) mass is 419 g/mol. The van der Waals surface area contributed by atoms with Gasteiger partial charge in [-0.1, -0.05) is 17.7 Å². The second kappa shape index (κ2) is 7.68. The SMILES string of the molecule is COC(=O)c1c(C(=O)OC)c2ccc3cc(C)ccc3n2c1C(=O)c1ccc(F)cc1. The minimum atomic E-state index is -0.852. The summed E-state index contributed by atoms with van der Waals surface area (Å²) in [6.45, 7) is 1.93. The highest BCUT2D eigenvalue weighted by atomic mass is 19.1. The molecule has 0 fully saturated rings. The average Bonchev–Trinajstić information content (AvgIpc) is 3.13. The Balaban J connectivity index is 2.19. The number of nitrogens with zero attached hydrogens (tertiary/aromatic N) is 1. The van der Waals surface area contributed by atoms with Gasteiger partial charge in [0.15, 0.2) is 0 Å². The number of ether oxygens (including phenoxy) is 2. The third-order valence-corrected chi connectivity index (χ3v) is 5.15. The Bertz CT molecular complexity index is 1370. The van der Waals surface area contributed by atoms with Crippen molar-refractivity contribution in [1.82, 2.24) is 4.40 Å². The molecule has 0 atom stereocenters. The first-order valence-corrected chi connectivity index (χ1v) is 9.42. The summed E-state index contributed by atoms with van der Waals surface area (Å²) >= 11 is 0. The van der Waals surface area contributed by atoms with Crippen LogP contribution in [0.5, 0.6) is 0 Å². The Hall–Kier alpha value is -4.00. The summed E-state index contributed by atoms with van der Waals surface area (Å²) in [6, 6.07) is 14.0. The highest BCUT2D eigenvalue weighted by Crippen LogP contribution is 2.31. The molecule has 0 saturated carbocycles. The third-order valence-electron chi connectivity index (χ3n) is 5.15. The lowest BCUT2D eigenvalue weighted by Crippen LogP contribution is -2.15. The van der Waals surface area contributed by atoms with Crippen molar-refractivity contribution in [1.29, 1.82) is 0 Å². The van der Waals surface area contributed by atoms with Crippen molar-refractivity contribution in [2.45, 2.75) is 6.92 Å². The minimum absolute atomic E-state index is 0.0525. The number of esters is 2. The number of fused-ring (bicyclic) bond motifs is 3. The molecule has 2 heterocycles. The number of carbonyl (C=O) groups is 3. The zero-order chi connectivity index (χ0) is 22.3. The van der Waals surface area contributed by atoms with Crippen molar-refractivity contribution in [2.24, 2.45) is 0 Å². The molecule has 31 heavy (non-hydrogen) atoms. The molecule has 0 spiro atoms. The van der Waals surface area contributed by atoms with Crippen LogP contribution in [0.4, 0.5) is 4.39 Å². The van der Waals surface area contributed by atoms with Crippen molar-refractivity contribution in [2.75, 3.05) is 14.2 Å². The molecule has 0 bridgehead atoms. The number of hydrogen-bond donors (Lipinski definition) is 0. The summed E-state index contributed by atoms with van der Waals surface area (Å²) in [6.07, 6.45) is 0. The van der Waals surface area contributed by atoms with Gasteiger partial charge in [0.2, 0.25) is 5.78 Å². The van der Waals surface area contributed by atoms with E-state index >= 15 is 0 Å². The summed E-state index contributed by atoms with van der Waals surface area (Å²) < 4.78 is 24.8. The maximum atomic E-state index is 13.5. The molecule has 0 N–H and O–H groups in total. The maximum Gasteiger partial charge on any atom is 0.341 e. The van der Waals surface area contributed by atoms with Crippen molar-refractivity contribution in [3.8, 4) is 0 Å². The van der Waals surface area contributed by atoms with Crippen LogP contribution in [0.1, 0.15) is 42.3 Å². The number of benzene rings is 2. The van der Waals surface area contributed by atoms with Crippen LogP contribution in [0.3, 0.4) is 0 Å². The van der Waals surface area contributed by atoms with Gasteiger partial charge in [0.1, 0.15) is 22.6 Å². The van der Waals surface area contributed by atoms with E-state index in [4.69, 9.17) is 9.47 Å². The van der Waals surface area contributed by atoms with E-state index in [1.54, 1.807) is 22.6 Å². The van der Waals surface area contributed by atoms with Gasteiger partial charge in [0, 0.05) is 5.56 Å². The van der Waals surface area contributed by atoms with Gasteiger partial charge >= 0.3 is 11.9 Å². The van der Waals surface area contributed by atoms with E-state index in [0.29, 0.717) is 11.0 Å². The molecule has 4 rings (SSSR count). The Morgan fingerprint density at radius 1 is 0.806 bits per heavy atom. The Labute approximate surface area is 176 Å². The van der Waals surface area contributed by atoms with E-state index in [-0.39, 0.29) is 22.4 Å². The number of aromatic nitrogens is 1. The fourth-order valence-electron chi connectivity index (χ4n) is 3.74. The van der Waals surface area contributed by atoms with Crippen LogP contribution in [0.15, 0.2) is 54.6 Å². The van der Waals surface area contributed by atoms with Gasteiger partial charge in [0.25, 0.3) is 0 Å². The highest BCUT2D eigenvalue weighted by molar-refractivity contribution is 6.20. The van der Waals surface area contributed by atoms with Gasteiger partial charge in [-0.3, -0.25) is 4.79 Å². The predicted octanol–water partition coefficient (Wildman–Crippen LogP) is 4.34. The molecule has 4 aromatic rings. The standard InChI is InChI=1S/C24H18FNO5/c1-13-4-10-17-15(12-13)7-11-18-19(23(28)30-2)20(24(29)31-3)21(26(17)18)22(27)14-5-8-16(25)9-6-14/h4-12H,1-3H3. The van der Waals surface area contributed by atoms with Gasteiger partial charge in [0.05, 0.1) is 25.3 Å². The summed E-state index contributed by atoms with van der Waals surface area (Å²) in [5.41, 5.74) is 1.79. The topological polar surface area (TPSA) is 74.1 Å². The van der Waals surface area contributed by atoms with E-state index in [1.807, 2.05) is 19.1 Å². The molecule has 156 valence electrons. The molecule has 0 saturated heterocycles. The van der Waals surface area contributed by atoms with E-state index in [2.05, 4.69) is 0 Å². The zero-order valence-electron chi connectivity index (χ0n) is 17.1. The number of rotatable bonds is 4. The second-order valence-electron chi connectivity index (χ2n) is 7.03. The highest BCUT2D eigenvalue weighted by Gasteiger charge is 2.33. The quantitative estimate of drug-likeness (QED) is 0.363. The number of methoxy groups -OCH3 is 2. The smallest absolute Gasteiger partial charge is 0.341 e. The first-order valence-electron chi connectivity index (χ1n) is 9.42.